The zero-order valence-electron chi connectivity index (χ0n) is 9.75. The number of halogens is 3. The molecule has 0 radical (unpaired) electrons. The van der Waals surface area contributed by atoms with Gasteiger partial charge in [0, 0.05) is 30.8 Å². The van der Waals surface area contributed by atoms with Crippen molar-refractivity contribution in [1.29, 1.82) is 0 Å². The number of hydrogen-bond acceptors (Lipinski definition) is 4. The molecule has 3 N–H and O–H groups in total. The van der Waals surface area contributed by atoms with E-state index >= 15 is 0 Å². The van der Waals surface area contributed by atoms with E-state index in [4.69, 9.17) is 5.73 Å². The number of thiazole rings is 1. The van der Waals surface area contributed by atoms with Crippen LogP contribution in [-0.2, 0) is 17.4 Å². The van der Waals surface area contributed by atoms with Gasteiger partial charge in [0.2, 0.25) is 5.91 Å². The predicted molar refractivity (Wildman–Crippen MR) is 62.1 cm³/mol. The maximum Gasteiger partial charge on any atom is 0.434 e. The van der Waals surface area contributed by atoms with Gasteiger partial charge in [0.1, 0.15) is 0 Å². The van der Waals surface area contributed by atoms with E-state index in [1.54, 1.807) is 6.92 Å². The Balaban J connectivity index is 2.36. The van der Waals surface area contributed by atoms with Gasteiger partial charge in [-0.2, -0.15) is 13.2 Å². The summed E-state index contributed by atoms with van der Waals surface area (Å²) in [6.45, 7) is 1.96. The summed E-state index contributed by atoms with van der Waals surface area (Å²) in [7, 11) is 0. The third kappa shape index (κ3) is 5.01. The number of hydrogen-bond donors (Lipinski definition) is 2. The van der Waals surface area contributed by atoms with Crippen LogP contribution in [0.5, 0.6) is 0 Å². The maximum absolute atomic E-state index is 12.3. The van der Waals surface area contributed by atoms with Gasteiger partial charge in [-0.1, -0.05) is 0 Å². The van der Waals surface area contributed by atoms with E-state index in [0.717, 1.165) is 16.7 Å². The van der Waals surface area contributed by atoms with Crippen molar-refractivity contribution in [1.82, 2.24) is 10.3 Å². The van der Waals surface area contributed by atoms with E-state index in [0.29, 0.717) is 5.01 Å². The molecule has 18 heavy (non-hydrogen) atoms. The monoisotopic (exact) mass is 281 g/mol. The Kier molecular flexibility index (Phi) is 5.09. The number of alkyl halides is 3. The maximum atomic E-state index is 12.3. The molecule has 4 nitrogen and oxygen atoms in total. The highest BCUT2D eigenvalue weighted by molar-refractivity contribution is 7.09. The minimum atomic E-state index is -4.41. The molecule has 0 aliphatic carbocycles. The van der Waals surface area contributed by atoms with Crippen molar-refractivity contribution in [3.05, 3.63) is 16.1 Å². The van der Waals surface area contributed by atoms with Crippen LogP contribution in [0.2, 0.25) is 0 Å². The van der Waals surface area contributed by atoms with E-state index in [9.17, 15) is 18.0 Å². The number of carbonyl (C=O) groups excluding carboxylic acids is 1. The van der Waals surface area contributed by atoms with Crippen molar-refractivity contribution in [2.75, 3.05) is 6.54 Å². The Morgan fingerprint density at radius 2 is 2.28 bits per heavy atom. The quantitative estimate of drug-likeness (QED) is 0.860. The molecule has 0 fully saturated rings. The molecule has 102 valence electrons. The van der Waals surface area contributed by atoms with Crippen LogP contribution in [-0.4, -0.2) is 23.5 Å². The summed E-state index contributed by atoms with van der Waals surface area (Å²) >= 11 is 0.935. The van der Waals surface area contributed by atoms with Crippen molar-refractivity contribution >= 4 is 17.2 Å². The van der Waals surface area contributed by atoms with E-state index in [1.807, 2.05) is 0 Å². The molecular formula is C10H14F3N3OS. The highest BCUT2D eigenvalue weighted by Crippen LogP contribution is 2.29. The lowest BCUT2D eigenvalue weighted by Crippen LogP contribution is -2.31. The first-order valence-electron chi connectivity index (χ1n) is 5.33. The Hall–Kier alpha value is -1.15. The van der Waals surface area contributed by atoms with Crippen LogP contribution in [0.4, 0.5) is 13.2 Å². The van der Waals surface area contributed by atoms with Gasteiger partial charge in [-0.25, -0.2) is 4.98 Å². The van der Waals surface area contributed by atoms with Crippen molar-refractivity contribution in [3.8, 4) is 0 Å². The average molecular weight is 281 g/mol. The van der Waals surface area contributed by atoms with Crippen LogP contribution in [0.15, 0.2) is 5.38 Å². The highest BCUT2D eigenvalue weighted by atomic mass is 32.1. The lowest BCUT2D eigenvalue weighted by Gasteiger charge is -2.06. The lowest BCUT2D eigenvalue weighted by molar-refractivity contribution is -0.140. The van der Waals surface area contributed by atoms with Gasteiger partial charge in [-0.3, -0.25) is 4.79 Å². The Morgan fingerprint density at radius 1 is 1.61 bits per heavy atom. The summed E-state index contributed by atoms with van der Waals surface area (Å²) in [6, 6.07) is -0.235. The summed E-state index contributed by atoms with van der Waals surface area (Å²) in [6.07, 6.45) is -3.93. The van der Waals surface area contributed by atoms with Gasteiger partial charge >= 0.3 is 6.18 Å². The molecule has 0 aliphatic heterocycles. The van der Waals surface area contributed by atoms with Gasteiger partial charge in [-0.05, 0) is 6.92 Å². The molecule has 1 aromatic heterocycles. The molecule has 1 atom stereocenters. The summed E-state index contributed by atoms with van der Waals surface area (Å²) in [5.41, 5.74) is 4.55. The number of nitrogens with zero attached hydrogens (tertiary/aromatic N) is 1. The predicted octanol–water partition coefficient (Wildman–Crippen LogP) is 1.56. The fraction of sp³-hybridized carbons (Fsp3) is 0.600. The molecule has 0 saturated carbocycles. The number of amides is 1. The number of aromatic nitrogens is 1. The fourth-order valence-corrected chi connectivity index (χ4v) is 2.03. The van der Waals surface area contributed by atoms with Crippen molar-refractivity contribution in [3.63, 3.8) is 0 Å². The summed E-state index contributed by atoms with van der Waals surface area (Å²) < 4.78 is 36.8. The van der Waals surface area contributed by atoms with Crippen LogP contribution in [0.1, 0.15) is 24.0 Å². The van der Waals surface area contributed by atoms with Crippen molar-refractivity contribution in [2.24, 2.45) is 5.73 Å². The van der Waals surface area contributed by atoms with Crippen LogP contribution in [0.3, 0.4) is 0 Å². The summed E-state index contributed by atoms with van der Waals surface area (Å²) in [5.74, 6) is -0.211. The van der Waals surface area contributed by atoms with E-state index in [2.05, 4.69) is 10.3 Å². The topological polar surface area (TPSA) is 68.0 Å². The standard InChI is InChI=1S/C10H14F3N3OS/c1-6(14)4-8(17)15-3-2-9-16-7(5-18-9)10(11,12)13/h5-6H,2-4,14H2,1H3,(H,15,17). The zero-order valence-corrected chi connectivity index (χ0v) is 10.6. The zero-order chi connectivity index (χ0) is 13.8. The normalized spacial score (nSPS) is 13.4. The van der Waals surface area contributed by atoms with Gasteiger partial charge in [0.25, 0.3) is 0 Å². The first kappa shape index (κ1) is 14.9. The van der Waals surface area contributed by atoms with Crippen molar-refractivity contribution in [2.45, 2.75) is 32.0 Å². The molecule has 0 aromatic carbocycles. The molecule has 1 amide bonds. The third-order valence-electron chi connectivity index (χ3n) is 2.01. The SMILES string of the molecule is CC(N)CC(=O)NCCc1nc(C(F)(F)F)cs1. The number of nitrogens with two attached hydrogens (primary N) is 1. The second kappa shape index (κ2) is 6.14. The molecule has 1 rings (SSSR count). The fourth-order valence-electron chi connectivity index (χ4n) is 1.23. The number of carbonyl (C=O) groups is 1. The lowest BCUT2D eigenvalue weighted by atomic mass is 10.2. The minimum Gasteiger partial charge on any atom is -0.356 e. The molecule has 0 bridgehead atoms. The van der Waals surface area contributed by atoms with E-state index in [1.165, 1.54) is 0 Å². The van der Waals surface area contributed by atoms with Crippen LogP contribution in [0.25, 0.3) is 0 Å². The molecule has 0 aliphatic rings. The first-order valence-corrected chi connectivity index (χ1v) is 6.21. The summed E-state index contributed by atoms with van der Waals surface area (Å²) in [4.78, 5) is 14.7. The van der Waals surface area contributed by atoms with Gasteiger partial charge in [0.15, 0.2) is 5.69 Å². The molecule has 0 saturated heterocycles. The van der Waals surface area contributed by atoms with Crippen LogP contribution in [0, 0.1) is 0 Å². The molecular weight excluding hydrogens is 267 g/mol. The Bertz CT molecular complexity index is 403. The Morgan fingerprint density at radius 3 is 2.78 bits per heavy atom. The van der Waals surface area contributed by atoms with Crippen LogP contribution < -0.4 is 11.1 Å². The van der Waals surface area contributed by atoms with Gasteiger partial charge < -0.3 is 11.1 Å². The minimum absolute atomic E-state index is 0.200. The molecule has 8 heteroatoms. The highest BCUT2D eigenvalue weighted by Gasteiger charge is 2.33. The largest absolute Gasteiger partial charge is 0.434 e. The smallest absolute Gasteiger partial charge is 0.356 e. The van der Waals surface area contributed by atoms with Crippen molar-refractivity contribution < 1.29 is 18.0 Å². The van der Waals surface area contributed by atoms with E-state index in [-0.39, 0.29) is 31.3 Å². The second-order valence-electron chi connectivity index (χ2n) is 3.91. The molecule has 0 spiro atoms. The third-order valence-corrected chi connectivity index (χ3v) is 2.92. The van der Waals surface area contributed by atoms with Gasteiger partial charge in [-0.15, -0.1) is 11.3 Å². The van der Waals surface area contributed by atoms with Gasteiger partial charge in [0.05, 0.1) is 5.01 Å². The average Bonchev–Trinajstić information content (AvgIpc) is 2.64. The Labute approximate surface area is 106 Å². The molecule has 1 unspecified atom stereocenters. The number of nitrogens with one attached hydrogen (secondary N) is 1. The molecule has 1 aromatic rings. The first-order chi connectivity index (χ1) is 8.29. The second-order valence-corrected chi connectivity index (χ2v) is 4.85. The van der Waals surface area contributed by atoms with E-state index < -0.39 is 11.9 Å². The summed E-state index contributed by atoms with van der Waals surface area (Å²) in [5, 5.41) is 3.90. The number of rotatable bonds is 5. The molecule has 1 heterocycles. The van der Waals surface area contributed by atoms with Crippen LogP contribution >= 0.6 is 11.3 Å².